The van der Waals surface area contributed by atoms with Crippen LogP contribution in [0.5, 0.6) is 5.75 Å². The Balaban J connectivity index is 1.20. The van der Waals surface area contributed by atoms with Gasteiger partial charge in [-0.25, -0.2) is 9.97 Å². The predicted molar refractivity (Wildman–Crippen MR) is 136 cm³/mol. The zero-order valence-electron chi connectivity index (χ0n) is 18.2. The Morgan fingerprint density at radius 2 is 1.88 bits per heavy atom. The zero-order valence-corrected chi connectivity index (χ0v) is 19.8. The average molecular weight is 475 g/mol. The summed E-state index contributed by atoms with van der Waals surface area (Å²) in [6, 6.07) is 19.8. The maximum atomic E-state index is 12.4. The molecule has 0 atom stereocenters. The van der Waals surface area contributed by atoms with Crippen LogP contribution in [-0.2, 0) is 4.79 Å². The highest BCUT2D eigenvalue weighted by molar-refractivity contribution is 7.99. The molecule has 33 heavy (non-hydrogen) atoms. The molecular formula is C25H22N4O2S2. The van der Waals surface area contributed by atoms with Crippen LogP contribution >= 0.6 is 23.1 Å². The molecule has 0 saturated carbocycles. The number of hydrogen-bond acceptors (Lipinski definition) is 6. The number of aromatic nitrogens is 3. The zero-order chi connectivity index (χ0) is 22.8. The minimum atomic E-state index is -0.0846. The third kappa shape index (κ3) is 4.86. The molecule has 8 heteroatoms. The molecule has 0 aliphatic carbocycles. The number of nitrogens with zero attached hydrogens (tertiary/aromatic N) is 2. The van der Waals surface area contributed by atoms with Crippen molar-refractivity contribution in [2.75, 3.05) is 17.7 Å². The maximum absolute atomic E-state index is 12.4. The molecule has 0 fully saturated rings. The van der Waals surface area contributed by atoms with Crippen molar-refractivity contribution in [2.24, 2.45) is 0 Å². The van der Waals surface area contributed by atoms with Crippen molar-refractivity contribution in [2.45, 2.75) is 19.0 Å². The SMILES string of the molecule is CCOc1ccc2nc(SCC(=O)Nc3ccc(-c4nc5ccc(C)cc5s4)cc3)[nH]c2c1. The fourth-order valence-corrected chi connectivity index (χ4v) is 5.23. The Morgan fingerprint density at radius 1 is 1.06 bits per heavy atom. The van der Waals surface area contributed by atoms with Crippen LogP contribution in [0.25, 0.3) is 31.8 Å². The number of thiazole rings is 1. The van der Waals surface area contributed by atoms with E-state index < -0.39 is 0 Å². The molecule has 2 heterocycles. The quantitative estimate of drug-likeness (QED) is 0.272. The lowest BCUT2D eigenvalue weighted by Gasteiger charge is -2.05. The topological polar surface area (TPSA) is 79.9 Å². The number of ether oxygens (including phenoxy) is 1. The van der Waals surface area contributed by atoms with E-state index in [9.17, 15) is 4.79 Å². The first-order valence-electron chi connectivity index (χ1n) is 10.6. The van der Waals surface area contributed by atoms with E-state index in [1.54, 1.807) is 11.3 Å². The number of thioether (sulfide) groups is 1. The van der Waals surface area contributed by atoms with Gasteiger partial charge in [-0.15, -0.1) is 11.3 Å². The average Bonchev–Trinajstić information content (AvgIpc) is 3.41. The van der Waals surface area contributed by atoms with Gasteiger partial charge in [0.1, 0.15) is 10.8 Å². The Hall–Kier alpha value is -3.36. The van der Waals surface area contributed by atoms with E-state index in [0.717, 1.165) is 38.6 Å². The smallest absolute Gasteiger partial charge is 0.234 e. The lowest BCUT2D eigenvalue weighted by molar-refractivity contribution is -0.113. The van der Waals surface area contributed by atoms with Gasteiger partial charge in [0.15, 0.2) is 5.16 Å². The molecule has 0 unspecified atom stereocenters. The summed E-state index contributed by atoms with van der Waals surface area (Å²) >= 11 is 3.04. The van der Waals surface area contributed by atoms with Crippen LogP contribution in [0.2, 0.25) is 0 Å². The van der Waals surface area contributed by atoms with Crippen LogP contribution in [0.1, 0.15) is 12.5 Å². The van der Waals surface area contributed by atoms with Crippen molar-refractivity contribution in [3.63, 3.8) is 0 Å². The van der Waals surface area contributed by atoms with Gasteiger partial charge in [-0.3, -0.25) is 4.79 Å². The molecule has 0 bridgehead atoms. The highest BCUT2D eigenvalue weighted by atomic mass is 32.2. The number of rotatable bonds is 7. The van der Waals surface area contributed by atoms with Gasteiger partial charge >= 0.3 is 0 Å². The third-order valence-corrected chi connectivity index (χ3v) is 6.98. The van der Waals surface area contributed by atoms with Crippen LogP contribution in [0.3, 0.4) is 0 Å². The van der Waals surface area contributed by atoms with Gasteiger partial charge in [-0.05, 0) is 67.9 Å². The standard InChI is InChI=1S/C25H22N4O2S2/c1-3-31-18-9-11-19-21(13-18)29-25(28-19)32-14-23(30)26-17-7-5-16(6-8-17)24-27-20-10-4-15(2)12-22(20)33-24/h4-13H,3,14H2,1-2H3,(H,26,30)(H,28,29). The molecular weight excluding hydrogens is 452 g/mol. The van der Waals surface area contributed by atoms with Gasteiger partial charge < -0.3 is 15.0 Å². The molecule has 5 aromatic rings. The second-order valence-corrected chi connectivity index (χ2v) is 9.55. The number of fused-ring (bicyclic) bond motifs is 2. The molecule has 2 aromatic heterocycles. The first-order valence-corrected chi connectivity index (χ1v) is 12.4. The predicted octanol–water partition coefficient (Wildman–Crippen LogP) is 6.28. The highest BCUT2D eigenvalue weighted by Gasteiger charge is 2.10. The number of anilines is 1. The van der Waals surface area contributed by atoms with E-state index >= 15 is 0 Å². The molecule has 3 aromatic carbocycles. The fourth-order valence-electron chi connectivity index (χ4n) is 3.47. The molecule has 0 aliphatic heterocycles. The fraction of sp³-hybridized carbons (Fsp3) is 0.160. The normalized spacial score (nSPS) is 11.2. The monoisotopic (exact) mass is 474 g/mol. The van der Waals surface area contributed by atoms with Crippen molar-refractivity contribution < 1.29 is 9.53 Å². The van der Waals surface area contributed by atoms with E-state index in [-0.39, 0.29) is 11.7 Å². The Bertz CT molecular complexity index is 1440. The molecule has 0 saturated heterocycles. The number of aromatic amines is 1. The molecule has 166 valence electrons. The summed E-state index contributed by atoms with van der Waals surface area (Å²) in [4.78, 5) is 24.9. The van der Waals surface area contributed by atoms with E-state index in [4.69, 9.17) is 9.72 Å². The van der Waals surface area contributed by atoms with Gasteiger partial charge in [-0.2, -0.15) is 0 Å². The number of hydrogen-bond donors (Lipinski definition) is 2. The van der Waals surface area contributed by atoms with Crippen molar-refractivity contribution in [3.05, 3.63) is 66.2 Å². The minimum absolute atomic E-state index is 0.0846. The van der Waals surface area contributed by atoms with Gasteiger partial charge in [-0.1, -0.05) is 17.8 Å². The van der Waals surface area contributed by atoms with E-state index in [1.165, 1.54) is 22.0 Å². The van der Waals surface area contributed by atoms with Crippen LogP contribution in [0, 0.1) is 6.92 Å². The molecule has 1 amide bonds. The second kappa shape index (κ2) is 9.25. The van der Waals surface area contributed by atoms with Gasteiger partial charge in [0.05, 0.1) is 33.6 Å². The number of carbonyl (C=O) groups is 1. The molecule has 5 rings (SSSR count). The van der Waals surface area contributed by atoms with Crippen molar-refractivity contribution in [1.29, 1.82) is 0 Å². The van der Waals surface area contributed by atoms with E-state index in [2.05, 4.69) is 40.4 Å². The number of imidazole rings is 1. The Labute approximate surface area is 199 Å². The molecule has 2 N–H and O–H groups in total. The van der Waals surface area contributed by atoms with Crippen LogP contribution < -0.4 is 10.1 Å². The molecule has 6 nitrogen and oxygen atoms in total. The molecule has 0 aliphatic rings. The van der Waals surface area contributed by atoms with Crippen molar-refractivity contribution in [1.82, 2.24) is 15.0 Å². The number of amides is 1. The minimum Gasteiger partial charge on any atom is -0.494 e. The summed E-state index contributed by atoms with van der Waals surface area (Å²) in [5, 5.41) is 4.62. The lowest BCUT2D eigenvalue weighted by Crippen LogP contribution is -2.14. The van der Waals surface area contributed by atoms with Crippen LogP contribution in [0.15, 0.2) is 65.8 Å². The molecule has 0 spiro atoms. The summed E-state index contributed by atoms with van der Waals surface area (Å²) in [7, 11) is 0. The number of nitrogens with one attached hydrogen (secondary N) is 2. The summed E-state index contributed by atoms with van der Waals surface area (Å²) in [6.45, 7) is 4.65. The summed E-state index contributed by atoms with van der Waals surface area (Å²) in [5.74, 6) is 0.975. The van der Waals surface area contributed by atoms with E-state index in [1.807, 2.05) is 49.4 Å². The summed E-state index contributed by atoms with van der Waals surface area (Å²) in [5.41, 5.74) is 5.77. The largest absolute Gasteiger partial charge is 0.494 e. The van der Waals surface area contributed by atoms with Gasteiger partial charge in [0.2, 0.25) is 5.91 Å². The van der Waals surface area contributed by atoms with Crippen LogP contribution in [0.4, 0.5) is 5.69 Å². The number of carbonyl (C=O) groups excluding carboxylic acids is 1. The Kier molecular flexibility index (Phi) is 6.02. The van der Waals surface area contributed by atoms with Crippen LogP contribution in [-0.4, -0.2) is 33.2 Å². The van der Waals surface area contributed by atoms with Crippen molar-refractivity contribution in [3.8, 4) is 16.3 Å². The van der Waals surface area contributed by atoms with Gasteiger partial charge in [0.25, 0.3) is 0 Å². The summed E-state index contributed by atoms with van der Waals surface area (Å²) < 4.78 is 6.70. The Morgan fingerprint density at radius 3 is 2.70 bits per heavy atom. The van der Waals surface area contributed by atoms with E-state index in [0.29, 0.717) is 11.8 Å². The van der Waals surface area contributed by atoms with Gasteiger partial charge in [0, 0.05) is 17.3 Å². The number of H-pyrrole nitrogens is 1. The lowest BCUT2D eigenvalue weighted by atomic mass is 10.2. The number of aryl methyl sites for hydroxylation is 1. The summed E-state index contributed by atoms with van der Waals surface area (Å²) in [6.07, 6.45) is 0. The number of benzene rings is 3. The first-order chi connectivity index (χ1) is 16.1. The maximum Gasteiger partial charge on any atom is 0.234 e. The first kappa shape index (κ1) is 21.5. The third-order valence-electron chi connectivity index (χ3n) is 5.04. The molecule has 0 radical (unpaired) electrons. The highest BCUT2D eigenvalue weighted by Crippen LogP contribution is 2.31. The second-order valence-electron chi connectivity index (χ2n) is 7.56. The van der Waals surface area contributed by atoms with Crippen molar-refractivity contribution >= 4 is 55.9 Å².